The van der Waals surface area contributed by atoms with Crippen LogP contribution in [0.25, 0.3) is 11.4 Å². The lowest BCUT2D eigenvalue weighted by Crippen LogP contribution is -2.07. The van der Waals surface area contributed by atoms with Crippen LogP contribution in [0.1, 0.15) is 12.8 Å². The van der Waals surface area contributed by atoms with Gasteiger partial charge < -0.3 is 9.84 Å². The number of esters is 1. The van der Waals surface area contributed by atoms with E-state index >= 15 is 0 Å². The first-order chi connectivity index (χ1) is 9.69. The number of carbonyl (C=O) groups excluding carboxylic acids is 1. The maximum Gasteiger partial charge on any atom is 0.311 e. The minimum absolute atomic E-state index is 0.182. The van der Waals surface area contributed by atoms with E-state index in [4.69, 9.17) is 4.74 Å². The van der Waals surface area contributed by atoms with Crippen molar-refractivity contribution < 1.29 is 14.6 Å². The summed E-state index contributed by atoms with van der Waals surface area (Å²) in [6.07, 6.45) is 5.40. The first kappa shape index (κ1) is 13.7. The molecule has 0 saturated carbocycles. The zero-order valence-corrected chi connectivity index (χ0v) is 10.8. The van der Waals surface area contributed by atoms with Crippen LogP contribution in [0, 0.1) is 0 Å². The number of aromatic hydroxyl groups is 1. The molecule has 0 fully saturated rings. The molecule has 102 valence electrons. The van der Waals surface area contributed by atoms with E-state index in [2.05, 4.69) is 16.5 Å². The van der Waals surface area contributed by atoms with Crippen LogP contribution in [-0.4, -0.2) is 21.0 Å². The fourth-order valence-electron chi connectivity index (χ4n) is 1.53. The number of rotatable bonds is 5. The minimum atomic E-state index is -0.342. The lowest BCUT2D eigenvalue weighted by atomic mass is 10.2. The summed E-state index contributed by atoms with van der Waals surface area (Å²) in [5.74, 6) is 0.643. The van der Waals surface area contributed by atoms with Gasteiger partial charge in [-0.1, -0.05) is 6.08 Å². The highest BCUT2D eigenvalue weighted by molar-refractivity contribution is 5.72. The first-order valence-corrected chi connectivity index (χ1v) is 6.12. The van der Waals surface area contributed by atoms with Crippen molar-refractivity contribution in [3.8, 4) is 22.9 Å². The summed E-state index contributed by atoms with van der Waals surface area (Å²) in [7, 11) is 0. The lowest BCUT2D eigenvalue weighted by molar-refractivity contribution is -0.134. The normalized spacial score (nSPS) is 10.0. The zero-order valence-electron chi connectivity index (χ0n) is 10.8. The fraction of sp³-hybridized carbons (Fsp3) is 0.133. The van der Waals surface area contributed by atoms with E-state index in [1.807, 2.05) is 0 Å². The van der Waals surface area contributed by atoms with Crippen molar-refractivity contribution in [1.82, 2.24) is 9.97 Å². The Bertz CT molecular complexity index is 592. The molecule has 0 atom stereocenters. The van der Waals surface area contributed by atoms with Gasteiger partial charge in [-0.25, -0.2) is 9.97 Å². The summed E-state index contributed by atoms with van der Waals surface area (Å²) in [4.78, 5) is 19.7. The predicted molar refractivity (Wildman–Crippen MR) is 74.2 cm³/mol. The summed E-state index contributed by atoms with van der Waals surface area (Å²) in [6.45, 7) is 3.54. The molecule has 1 aromatic carbocycles. The van der Waals surface area contributed by atoms with Crippen LogP contribution in [0.2, 0.25) is 0 Å². The van der Waals surface area contributed by atoms with Crippen LogP contribution in [0.4, 0.5) is 0 Å². The third-order valence-electron chi connectivity index (χ3n) is 2.54. The second-order valence-electron chi connectivity index (χ2n) is 4.09. The van der Waals surface area contributed by atoms with Crippen LogP contribution in [-0.2, 0) is 4.79 Å². The summed E-state index contributed by atoms with van der Waals surface area (Å²) in [6, 6.07) is 6.53. The molecule has 0 aliphatic heterocycles. The number of phenolic OH excluding ortho intramolecular Hbond substituents is 1. The SMILES string of the molecule is C=CCCC(=O)Oc1cnc(-c2ccc(O)cc2)nc1. The average molecular weight is 270 g/mol. The standard InChI is InChI=1S/C15H14N2O3/c1-2-3-4-14(19)20-13-9-16-15(17-10-13)11-5-7-12(18)8-6-11/h2,5-10,18H,1,3-4H2. The molecule has 0 aliphatic carbocycles. The quantitative estimate of drug-likeness (QED) is 0.668. The highest BCUT2D eigenvalue weighted by atomic mass is 16.5. The van der Waals surface area contributed by atoms with Crippen LogP contribution in [0.3, 0.4) is 0 Å². The molecule has 5 nitrogen and oxygen atoms in total. The molecule has 0 radical (unpaired) electrons. The van der Waals surface area contributed by atoms with Crippen LogP contribution in [0.5, 0.6) is 11.5 Å². The third kappa shape index (κ3) is 3.65. The largest absolute Gasteiger partial charge is 0.508 e. The maximum atomic E-state index is 11.4. The average Bonchev–Trinajstić information content (AvgIpc) is 2.47. The molecule has 5 heteroatoms. The number of carbonyl (C=O) groups is 1. The second-order valence-corrected chi connectivity index (χ2v) is 4.09. The smallest absolute Gasteiger partial charge is 0.311 e. The van der Waals surface area contributed by atoms with Crippen molar-refractivity contribution in [3.63, 3.8) is 0 Å². The highest BCUT2D eigenvalue weighted by Crippen LogP contribution is 2.19. The Hall–Kier alpha value is -2.69. The number of benzene rings is 1. The zero-order chi connectivity index (χ0) is 14.4. The van der Waals surface area contributed by atoms with Gasteiger partial charge in [-0.2, -0.15) is 0 Å². The van der Waals surface area contributed by atoms with E-state index in [1.165, 1.54) is 12.4 Å². The second kappa shape index (κ2) is 6.47. The molecule has 1 aromatic heterocycles. The van der Waals surface area contributed by atoms with Gasteiger partial charge in [-0.05, 0) is 30.7 Å². The van der Waals surface area contributed by atoms with Crippen LogP contribution >= 0.6 is 0 Å². The molecular weight excluding hydrogens is 256 g/mol. The van der Waals surface area contributed by atoms with Crippen molar-refractivity contribution in [2.45, 2.75) is 12.8 Å². The number of hydrogen-bond donors (Lipinski definition) is 1. The minimum Gasteiger partial charge on any atom is -0.508 e. The number of nitrogens with zero attached hydrogens (tertiary/aromatic N) is 2. The van der Waals surface area contributed by atoms with Gasteiger partial charge in [0.15, 0.2) is 11.6 Å². The number of aromatic nitrogens is 2. The molecule has 0 amide bonds. The Labute approximate surface area is 116 Å². The van der Waals surface area contributed by atoms with Gasteiger partial charge in [0.25, 0.3) is 0 Å². The van der Waals surface area contributed by atoms with Crippen molar-refractivity contribution >= 4 is 5.97 Å². The molecule has 20 heavy (non-hydrogen) atoms. The summed E-state index contributed by atoms with van der Waals surface area (Å²) in [5, 5.41) is 9.21. The predicted octanol–water partition coefficient (Wildman–Crippen LogP) is 2.72. The number of ether oxygens (including phenoxy) is 1. The van der Waals surface area contributed by atoms with E-state index < -0.39 is 0 Å². The molecule has 2 aromatic rings. The van der Waals surface area contributed by atoms with Crippen molar-refractivity contribution in [3.05, 3.63) is 49.3 Å². The molecule has 1 heterocycles. The van der Waals surface area contributed by atoms with E-state index in [-0.39, 0.29) is 18.1 Å². The van der Waals surface area contributed by atoms with Crippen molar-refractivity contribution in [1.29, 1.82) is 0 Å². The van der Waals surface area contributed by atoms with E-state index in [1.54, 1.807) is 30.3 Å². The topological polar surface area (TPSA) is 72.3 Å². The van der Waals surface area contributed by atoms with Gasteiger partial charge >= 0.3 is 5.97 Å². The number of allylic oxidation sites excluding steroid dienone is 1. The summed E-state index contributed by atoms with van der Waals surface area (Å²) >= 11 is 0. The van der Waals surface area contributed by atoms with Gasteiger partial charge in [0, 0.05) is 12.0 Å². The van der Waals surface area contributed by atoms with Gasteiger partial charge in [-0.3, -0.25) is 4.79 Å². The van der Waals surface area contributed by atoms with Gasteiger partial charge in [-0.15, -0.1) is 6.58 Å². The Morgan fingerprint density at radius 1 is 1.25 bits per heavy atom. The van der Waals surface area contributed by atoms with Crippen molar-refractivity contribution in [2.75, 3.05) is 0 Å². The van der Waals surface area contributed by atoms with E-state index in [0.717, 1.165) is 5.56 Å². The van der Waals surface area contributed by atoms with Crippen LogP contribution in [0.15, 0.2) is 49.3 Å². The molecular formula is C15H14N2O3. The Morgan fingerprint density at radius 3 is 2.50 bits per heavy atom. The van der Waals surface area contributed by atoms with E-state index in [0.29, 0.717) is 18.0 Å². The fourth-order valence-corrected chi connectivity index (χ4v) is 1.53. The number of hydrogen-bond acceptors (Lipinski definition) is 5. The molecule has 0 saturated heterocycles. The Balaban J connectivity index is 2.04. The molecule has 0 aliphatic rings. The Morgan fingerprint density at radius 2 is 1.90 bits per heavy atom. The molecule has 0 bridgehead atoms. The molecule has 0 unspecified atom stereocenters. The van der Waals surface area contributed by atoms with E-state index in [9.17, 15) is 9.90 Å². The van der Waals surface area contributed by atoms with Gasteiger partial charge in [0.1, 0.15) is 5.75 Å². The molecule has 1 N–H and O–H groups in total. The lowest BCUT2D eigenvalue weighted by Gasteiger charge is -2.04. The number of phenols is 1. The molecule has 0 spiro atoms. The first-order valence-electron chi connectivity index (χ1n) is 6.12. The third-order valence-corrected chi connectivity index (χ3v) is 2.54. The van der Waals surface area contributed by atoms with Gasteiger partial charge in [0.2, 0.25) is 0 Å². The van der Waals surface area contributed by atoms with Crippen molar-refractivity contribution in [2.24, 2.45) is 0 Å². The van der Waals surface area contributed by atoms with Crippen LogP contribution < -0.4 is 4.74 Å². The summed E-state index contributed by atoms with van der Waals surface area (Å²) < 4.78 is 5.07. The maximum absolute atomic E-state index is 11.4. The van der Waals surface area contributed by atoms with Gasteiger partial charge in [0.05, 0.1) is 12.4 Å². The monoisotopic (exact) mass is 270 g/mol. The highest BCUT2D eigenvalue weighted by Gasteiger charge is 2.06. The molecule has 2 rings (SSSR count). The Kier molecular flexibility index (Phi) is 4.44. The summed E-state index contributed by atoms with van der Waals surface area (Å²) in [5.41, 5.74) is 0.771.